The quantitative estimate of drug-likeness (QED) is 0.594. The number of benzene rings is 2. The maximum absolute atomic E-state index is 12.7. The van der Waals surface area contributed by atoms with Crippen LogP contribution in [0.3, 0.4) is 0 Å². The summed E-state index contributed by atoms with van der Waals surface area (Å²) in [6.45, 7) is 0.649. The van der Waals surface area contributed by atoms with Gasteiger partial charge in [0.2, 0.25) is 12.0 Å². The number of halogens is 3. The van der Waals surface area contributed by atoms with Gasteiger partial charge >= 0.3 is 12.1 Å². The SMILES string of the molecule is CC(=O)OC(CO)c1nnc(-c2ccccc2Nc2ccc(C(F)(F)F)cc2)o1. The number of aliphatic hydroxyl groups excluding tert-OH is 1. The number of rotatable bonds is 6. The number of hydrogen-bond acceptors (Lipinski definition) is 7. The van der Waals surface area contributed by atoms with Gasteiger partial charge in [0.25, 0.3) is 5.89 Å². The highest BCUT2D eigenvalue weighted by atomic mass is 19.4. The van der Waals surface area contributed by atoms with Crippen LogP contribution in [0.2, 0.25) is 0 Å². The molecule has 1 heterocycles. The Balaban J connectivity index is 1.85. The Morgan fingerprint density at radius 2 is 1.86 bits per heavy atom. The van der Waals surface area contributed by atoms with Gasteiger partial charge in [-0.05, 0) is 36.4 Å². The molecule has 3 aromatic rings. The van der Waals surface area contributed by atoms with Crippen LogP contribution in [-0.4, -0.2) is 27.9 Å². The Bertz CT molecular complexity index is 987. The van der Waals surface area contributed by atoms with Crippen molar-refractivity contribution in [2.24, 2.45) is 0 Å². The standard InChI is InChI=1S/C19H16F3N3O4/c1-11(27)28-16(10-26)18-25-24-17(29-18)14-4-2-3-5-15(14)23-13-8-6-12(7-9-13)19(20,21)22/h2-9,16,23,26H,10H2,1H3. The predicted molar refractivity (Wildman–Crippen MR) is 96.1 cm³/mol. The first-order chi connectivity index (χ1) is 13.8. The number of nitrogens with zero attached hydrogens (tertiary/aromatic N) is 2. The van der Waals surface area contributed by atoms with Crippen molar-refractivity contribution in [3.05, 3.63) is 60.0 Å². The number of hydrogen-bond donors (Lipinski definition) is 2. The van der Waals surface area contributed by atoms with Crippen LogP contribution in [0.4, 0.5) is 24.5 Å². The lowest BCUT2D eigenvalue weighted by Gasteiger charge is -2.12. The van der Waals surface area contributed by atoms with Gasteiger partial charge in [-0.2, -0.15) is 13.2 Å². The number of para-hydroxylation sites is 1. The van der Waals surface area contributed by atoms with Crippen LogP contribution < -0.4 is 5.32 Å². The van der Waals surface area contributed by atoms with Crippen molar-refractivity contribution < 1.29 is 32.2 Å². The molecule has 1 unspecified atom stereocenters. The van der Waals surface area contributed by atoms with Crippen LogP contribution in [0.25, 0.3) is 11.5 Å². The third kappa shape index (κ3) is 4.91. The molecule has 29 heavy (non-hydrogen) atoms. The first kappa shape index (κ1) is 20.3. The maximum Gasteiger partial charge on any atom is 0.416 e. The molecule has 0 amide bonds. The van der Waals surface area contributed by atoms with Gasteiger partial charge in [-0.1, -0.05) is 12.1 Å². The number of carbonyl (C=O) groups is 1. The molecule has 152 valence electrons. The fourth-order valence-corrected chi connectivity index (χ4v) is 2.52. The van der Waals surface area contributed by atoms with E-state index < -0.39 is 30.4 Å². The van der Waals surface area contributed by atoms with Gasteiger partial charge in [-0.15, -0.1) is 10.2 Å². The summed E-state index contributed by atoms with van der Waals surface area (Å²) in [6, 6.07) is 11.4. The summed E-state index contributed by atoms with van der Waals surface area (Å²) in [5, 5.41) is 20.0. The summed E-state index contributed by atoms with van der Waals surface area (Å²) >= 11 is 0. The highest BCUT2D eigenvalue weighted by Gasteiger charge is 2.30. The van der Waals surface area contributed by atoms with Gasteiger partial charge in [-0.3, -0.25) is 4.79 Å². The second-order valence-electron chi connectivity index (χ2n) is 5.97. The minimum atomic E-state index is -4.41. The molecule has 2 N–H and O–H groups in total. The van der Waals surface area contributed by atoms with Crippen LogP contribution in [0, 0.1) is 0 Å². The van der Waals surface area contributed by atoms with Crippen molar-refractivity contribution in [1.82, 2.24) is 10.2 Å². The van der Waals surface area contributed by atoms with E-state index in [0.29, 0.717) is 16.9 Å². The Morgan fingerprint density at radius 3 is 2.48 bits per heavy atom. The highest BCUT2D eigenvalue weighted by Crippen LogP contribution is 2.33. The Kier molecular flexibility index (Phi) is 5.83. The average Bonchev–Trinajstić information content (AvgIpc) is 3.16. The van der Waals surface area contributed by atoms with Gasteiger partial charge in [-0.25, -0.2) is 0 Å². The van der Waals surface area contributed by atoms with Crippen LogP contribution in [0.15, 0.2) is 52.9 Å². The molecule has 1 atom stereocenters. The summed E-state index contributed by atoms with van der Waals surface area (Å²) in [5.74, 6) is -0.615. The monoisotopic (exact) mass is 407 g/mol. The van der Waals surface area contributed by atoms with E-state index in [2.05, 4.69) is 15.5 Å². The summed E-state index contributed by atoms with van der Waals surface area (Å²) in [6.07, 6.45) is -5.51. The normalized spacial score (nSPS) is 12.4. The number of aromatic nitrogens is 2. The smallest absolute Gasteiger partial charge is 0.416 e. The molecule has 0 aliphatic heterocycles. The predicted octanol–water partition coefficient (Wildman–Crippen LogP) is 4.10. The number of carbonyl (C=O) groups excluding carboxylic acids is 1. The molecule has 0 saturated carbocycles. The first-order valence-corrected chi connectivity index (χ1v) is 8.43. The van der Waals surface area contributed by atoms with Crippen LogP contribution in [0.5, 0.6) is 0 Å². The molecule has 0 fully saturated rings. The van der Waals surface area contributed by atoms with E-state index in [-0.39, 0.29) is 11.8 Å². The molecule has 0 spiro atoms. The number of alkyl halides is 3. The summed E-state index contributed by atoms with van der Waals surface area (Å²) in [4.78, 5) is 11.1. The van der Waals surface area contributed by atoms with E-state index in [1.807, 2.05) is 0 Å². The average molecular weight is 407 g/mol. The molecular weight excluding hydrogens is 391 g/mol. The van der Waals surface area contributed by atoms with Gasteiger partial charge < -0.3 is 19.6 Å². The third-order valence-corrected chi connectivity index (χ3v) is 3.84. The second-order valence-corrected chi connectivity index (χ2v) is 5.97. The zero-order valence-electron chi connectivity index (χ0n) is 15.1. The highest BCUT2D eigenvalue weighted by molar-refractivity contribution is 5.76. The van der Waals surface area contributed by atoms with Gasteiger partial charge in [0.15, 0.2) is 0 Å². The fraction of sp³-hybridized carbons (Fsp3) is 0.211. The van der Waals surface area contributed by atoms with Crippen LogP contribution in [-0.2, 0) is 15.7 Å². The van der Waals surface area contributed by atoms with Crippen molar-refractivity contribution in [2.75, 3.05) is 11.9 Å². The largest absolute Gasteiger partial charge is 0.450 e. The third-order valence-electron chi connectivity index (χ3n) is 3.84. The molecule has 10 heteroatoms. The lowest BCUT2D eigenvalue weighted by atomic mass is 10.1. The van der Waals surface area contributed by atoms with E-state index in [1.54, 1.807) is 24.3 Å². The number of nitrogens with one attached hydrogen (secondary N) is 1. The summed E-state index contributed by atoms with van der Waals surface area (Å²) < 4.78 is 48.6. The zero-order chi connectivity index (χ0) is 21.0. The van der Waals surface area contributed by atoms with Crippen molar-refractivity contribution in [2.45, 2.75) is 19.2 Å². The molecule has 1 aromatic heterocycles. The van der Waals surface area contributed by atoms with Gasteiger partial charge in [0, 0.05) is 12.6 Å². The summed E-state index contributed by atoms with van der Waals surface area (Å²) in [7, 11) is 0. The number of aliphatic hydroxyl groups is 1. The Hall–Kier alpha value is -3.40. The first-order valence-electron chi connectivity index (χ1n) is 8.43. The van der Waals surface area contributed by atoms with E-state index in [9.17, 15) is 23.1 Å². The van der Waals surface area contributed by atoms with E-state index in [0.717, 1.165) is 12.1 Å². The second kappa shape index (κ2) is 8.31. The molecule has 0 aliphatic carbocycles. The van der Waals surface area contributed by atoms with Crippen molar-refractivity contribution >= 4 is 17.3 Å². The van der Waals surface area contributed by atoms with Crippen molar-refractivity contribution in [3.8, 4) is 11.5 Å². The molecule has 2 aromatic carbocycles. The van der Waals surface area contributed by atoms with Crippen molar-refractivity contribution in [1.29, 1.82) is 0 Å². The minimum Gasteiger partial charge on any atom is -0.450 e. The maximum atomic E-state index is 12.7. The number of esters is 1. The molecular formula is C19H16F3N3O4. The Morgan fingerprint density at radius 1 is 1.17 bits per heavy atom. The molecule has 0 bridgehead atoms. The molecule has 0 saturated heterocycles. The van der Waals surface area contributed by atoms with Crippen LogP contribution >= 0.6 is 0 Å². The van der Waals surface area contributed by atoms with Crippen LogP contribution in [0.1, 0.15) is 24.5 Å². The molecule has 7 nitrogen and oxygen atoms in total. The number of anilines is 2. The minimum absolute atomic E-state index is 0.0815. The van der Waals surface area contributed by atoms with Gasteiger partial charge in [0.05, 0.1) is 23.4 Å². The lowest BCUT2D eigenvalue weighted by molar-refractivity contribution is -0.150. The molecule has 3 rings (SSSR count). The van der Waals surface area contributed by atoms with Crippen molar-refractivity contribution in [3.63, 3.8) is 0 Å². The molecule has 0 radical (unpaired) electrons. The molecule has 0 aliphatic rings. The van der Waals surface area contributed by atoms with Gasteiger partial charge in [0.1, 0.15) is 0 Å². The Labute approximate surface area is 163 Å². The lowest BCUT2D eigenvalue weighted by Crippen LogP contribution is -2.12. The summed E-state index contributed by atoms with van der Waals surface area (Å²) in [5.41, 5.74) is 0.665. The number of ether oxygens (including phenoxy) is 1. The van der Waals surface area contributed by atoms with E-state index >= 15 is 0 Å². The fourth-order valence-electron chi connectivity index (χ4n) is 2.52. The topological polar surface area (TPSA) is 97.5 Å². The zero-order valence-corrected chi connectivity index (χ0v) is 15.1. The van der Waals surface area contributed by atoms with E-state index in [1.165, 1.54) is 19.1 Å². The van der Waals surface area contributed by atoms with E-state index in [4.69, 9.17) is 9.15 Å².